The first-order valence-corrected chi connectivity index (χ1v) is 7.79. The van der Waals surface area contributed by atoms with E-state index >= 15 is 0 Å². The number of benzene rings is 2. The zero-order valence-corrected chi connectivity index (χ0v) is 13.9. The standard InChI is InChI=1S/C20H23NO2/c1-15(2)14-21-20(22)19(17-7-5-4-6-8-17)13-16-9-11-18(23-3)12-10-16/h4-13,15H,14H2,1-3H3,(H,21,22)/b19-13+. The van der Waals surface area contributed by atoms with Gasteiger partial charge in [0.05, 0.1) is 7.11 Å². The molecule has 0 aliphatic heterocycles. The number of nitrogens with one attached hydrogen (secondary N) is 1. The third-order valence-electron chi connectivity index (χ3n) is 3.43. The fourth-order valence-corrected chi connectivity index (χ4v) is 2.16. The molecule has 2 rings (SSSR count). The van der Waals surface area contributed by atoms with E-state index in [0.29, 0.717) is 18.0 Å². The minimum atomic E-state index is -0.0549. The van der Waals surface area contributed by atoms with Crippen LogP contribution in [-0.4, -0.2) is 19.6 Å². The Labute approximate surface area is 138 Å². The molecule has 0 heterocycles. The summed E-state index contributed by atoms with van der Waals surface area (Å²) in [4.78, 5) is 12.6. The van der Waals surface area contributed by atoms with Gasteiger partial charge >= 0.3 is 0 Å². The summed E-state index contributed by atoms with van der Waals surface area (Å²) in [6.07, 6.45) is 1.91. The van der Waals surface area contributed by atoms with E-state index in [1.807, 2.05) is 60.7 Å². The molecule has 2 aromatic rings. The maximum absolute atomic E-state index is 12.6. The van der Waals surface area contributed by atoms with Crippen LogP contribution in [0.3, 0.4) is 0 Å². The number of carbonyl (C=O) groups excluding carboxylic acids is 1. The summed E-state index contributed by atoms with van der Waals surface area (Å²) >= 11 is 0. The Hall–Kier alpha value is -2.55. The lowest BCUT2D eigenvalue weighted by atomic mass is 10.0. The van der Waals surface area contributed by atoms with Gasteiger partial charge in [-0.2, -0.15) is 0 Å². The highest BCUT2D eigenvalue weighted by Gasteiger charge is 2.12. The van der Waals surface area contributed by atoms with Gasteiger partial charge in [0.15, 0.2) is 0 Å². The molecule has 1 N–H and O–H groups in total. The van der Waals surface area contributed by atoms with Crippen molar-refractivity contribution in [3.63, 3.8) is 0 Å². The molecule has 1 amide bonds. The summed E-state index contributed by atoms with van der Waals surface area (Å²) in [6.45, 7) is 4.82. The van der Waals surface area contributed by atoms with Crippen LogP contribution in [0.2, 0.25) is 0 Å². The van der Waals surface area contributed by atoms with Crippen molar-refractivity contribution >= 4 is 17.6 Å². The van der Waals surface area contributed by atoms with Crippen LogP contribution in [0.25, 0.3) is 11.6 Å². The number of amides is 1. The maximum atomic E-state index is 12.6. The smallest absolute Gasteiger partial charge is 0.251 e. The van der Waals surface area contributed by atoms with Gasteiger partial charge in [0.25, 0.3) is 5.91 Å². The normalized spacial score (nSPS) is 11.4. The van der Waals surface area contributed by atoms with E-state index in [1.54, 1.807) is 7.11 Å². The molecule has 3 heteroatoms. The Morgan fingerprint density at radius 2 is 1.74 bits per heavy atom. The van der Waals surface area contributed by atoms with Crippen molar-refractivity contribution in [3.8, 4) is 5.75 Å². The Balaban J connectivity index is 2.32. The number of ether oxygens (including phenoxy) is 1. The van der Waals surface area contributed by atoms with E-state index in [4.69, 9.17) is 4.74 Å². The van der Waals surface area contributed by atoms with Crippen molar-refractivity contribution in [2.45, 2.75) is 13.8 Å². The van der Waals surface area contributed by atoms with Crippen molar-refractivity contribution in [2.24, 2.45) is 5.92 Å². The second kappa shape index (κ2) is 8.18. The van der Waals surface area contributed by atoms with Crippen LogP contribution in [0.5, 0.6) is 5.75 Å². The second-order valence-electron chi connectivity index (χ2n) is 5.80. The molecule has 0 aromatic heterocycles. The minimum Gasteiger partial charge on any atom is -0.497 e. The minimum absolute atomic E-state index is 0.0549. The van der Waals surface area contributed by atoms with E-state index in [0.717, 1.165) is 16.9 Å². The zero-order valence-electron chi connectivity index (χ0n) is 13.9. The molecule has 0 unspecified atom stereocenters. The van der Waals surface area contributed by atoms with E-state index in [1.165, 1.54) is 0 Å². The van der Waals surface area contributed by atoms with Gasteiger partial charge in [-0.3, -0.25) is 4.79 Å². The van der Waals surface area contributed by atoms with Crippen molar-refractivity contribution < 1.29 is 9.53 Å². The monoisotopic (exact) mass is 309 g/mol. The van der Waals surface area contributed by atoms with Gasteiger partial charge < -0.3 is 10.1 Å². The van der Waals surface area contributed by atoms with Crippen LogP contribution in [-0.2, 0) is 4.79 Å². The zero-order chi connectivity index (χ0) is 16.7. The third-order valence-corrected chi connectivity index (χ3v) is 3.43. The summed E-state index contributed by atoms with van der Waals surface area (Å²) in [5.41, 5.74) is 2.53. The molecule has 2 aromatic carbocycles. The van der Waals surface area contributed by atoms with Gasteiger partial charge in [0.1, 0.15) is 5.75 Å². The van der Waals surface area contributed by atoms with Crippen molar-refractivity contribution in [1.29, 1.82) is 0 Å². The van der Waals surface area contributed by atoms with E-state index in [-0.39, 0.29) is 5.91 Å². The van der Waals surface area contributed by atoms with E-state index < -0.39 is 0 Å². The van der Waals surface area contributed by atoms with Crippen LogP contribution < -0.4 is 10.1 Å². The molecule has 3 nitrogen and oxygen atoms in total. The molecule has 23 heavy (non-hydrogen) atoms. The summed E-state index contributed by atoms with van der Waals surface area (Å²) in [5.74, 6) is 1.16. The van der Waals surface area contributed by atoms with Gasteiger partial charge in [-0.05, 0) is 35.3 Å². The van der Waals surface area contributed by atoms with Crippen LogP contribution in [0.15, 0.2) is 54.6 Å². The highest BCUT2D eigenvalue weighted by atomic mass is 16.5. The largest absolute Gasteiger partial charge is 0.497 e. The molecule has 0 radical (unpaired) electrons. The van der Waals surface area contributed by atoms with Crippen LogP contribution in [0.4, 0.5) is 0 Å². The molecule has 0 bridgehead atoms. The Morgan fingerprint density at radius 3 is 2.30 bits per heavy atom. The molecule has 0 saturated carbocycles. The van der Waals surface area contributed by atoms with E-state index in [9.17, 15) is 4.79 Å². The number of hydrogen-bond acceptors (Lipinski definition) is 2. The number of hydrogen-bond donors (Lipinski definition) is 1. The fourth-order valence-electron chi connectivity index (χ4n) is 2.16. The van der Waals surface area contributed by atoms with Gasteiger partial charge in [-0.25, -0.2) is 0 Å². The Kier molecular flexibility index (Phi) is 5.98. The molecular weight excluding hydrogens is 286 g/mol. The SMILES string of the molecule is COc1ccc(/C=C(/C(=O)NCC(C)C)c2ccccc2)cc1. The summed E-state index contributed by atoms with van der Waals surface area (Å²) in [7, 11) is 1.64. The highest BCUT2D eigenvalue weighted by molar-refractivity contribution is 6.24. The third kappa shape index (κ3) is 4.99. The predicted octanol–water partition coefficient (Wildman–Crippen LogP) is 4.01. The Bertz CT molecular complexity index is 658. The maximum Gasteiger partial charge on any atom is 0.251 e. The molecule has 0 spiro atoms. The number of methoxy groups -OCH3 is 1. The highest BCUT2D eigenvalue weighted by Crippen LogP contribution is 2.20. The van der Waals surface area contributed by atoms with Gasteiger partial charge in [0.2, 0.25) is 0 Å². The average Bonchev–Trinajstić information content (AvgIpc) is 2.59. The van der Waals surface area contributed by atoms with Gasteiger partial charge in [0, 0.05) is 12.1 Å². The first-order valence-electron chi connectivity index (χ1n) is 7.79. The predicted molar refractivity (Wildman–Crippen MR) is 95.2 cm³/mol. The summed E-state index contributed by atoms with van der Waals surface area (Å²) in [5, 5.41) is 2.99. The van der Waals surface area contributed by atoms with Gasteiger partial charge in [-0.15, -0.1) is 0 Å². The first kappa shape index (κ1) is 16.8. The van der Waals surface area contributed by atoms with Crippen molar-refractivity contribution in [3.05, 3.63) is 65.7 Å². The number of carbonyl (C=O) groups is 1. The molecule has 0 aliphatic rings. The first-order chi connectivity index (χ1) is 11.1. The molecule has 0 aliphatic carbocycles. The van der Waals surface area contributed by atoms with Gasteiger partial charge in [-0.1, -0.05) is 56.3 Å². The fraction of sp³-hybridized carbons (Fsp3) is 0.250. The lowest BCUT2D eigenvalue weighted by Gasteiger charge is -2.11. The quantitative estimate of drug-likeness (QED) is 0.647. The molecule has 0 saturated heterocycles. The lowest BCUT2D eigenvalue weighted by molar-refractivity contribution is -0.115. The van der Waals surface area contributed by atoms with Crippen LogP contribution >= 0.6 is 0 Å². The van der Waals surface area contributed by atoms with Crippen molar-refractivity contribution in [2.75, 3.05) is 13.7 Å². The second-order valence-corrected chi connectivity index (χ2v) is 5.80. The topological polar surface area (TPSA) is 38.3 Å². The Morgan fingerprint density at radius 1 is 1.09 bits per heavy atom. The molecule has 0 fully saturated rings. The summed E-state index contributed by atoms with van der Waals surface area (Å²) in [6, 6.07) is 17.4. The number of rotatable bonds is 6. The molecule has 120 valence electrons. The summed E-state index contributed by atoms with van der Waals surface area (Å²) < 4.78 is 5.17. The molecular formula is C20H23NO2. The molecule has 0 atom stereocenters. The van der Waals surface area contributed by atoms with Crippen molar-refractivity contribution in [1.82, 2.24) is 5.32 Å². The van der Waals surface area contributed by atoms with E-state index in [2.05, 4.69) is 19.2 Å². The average molecular weight is 309 g/mol. The van der Waals surface area contributed by atoms with Crippen LogP contribution in [0.1, 0.15) is 25.0 Å². The van der Waals surface area contributed by atoms with Crippen LogP contribution in [0, 0.1) is 5.92 Å². The lowest BCUT2D eigenvalue weighted by Crippen LogP contribution is -2.28.